The van der Waals surface area contributed by atoms with Crippen molar-refractivity contribution in [1.82, 2.24) is 0 Å². The number of aliphatic imine (C=N–C) groups is 2. The van der Waals surface area contributed by atoms with Crippen LogP contribution in [0.25, 0.3) is 0 Å². The largest absolute Gasteiger partial charge is 0.194 e. The van der Waals surface area contributed by atoms with Crippen LogP contribution in [0.4, 0.5) is 11.4 Å². The average molecular weight is 220 g/mol. The second-order valence-electron chi connectivity index (χ2n) is 2.78. The zero-order valence-corrected chi connectivity index (χ0v) is 9.50. The molecule has 0 amide bonds. The lowest BCUT2D eigenvalue weighted by Crippen LogP contribution is -1.80. The summed E-state index contributed by atoms with van der Waals surface area (Å²) in [5.74, 6) is 0. The van der Waals surface area contributed by atoms with E-state index in [0.717, 1.165) is 22.5 Å². The van der Waals surface area contributed by atoms with Crippen molar-refractivity contribution in [3.63, 3.8) is 0 Å². The maximum absolute atomic E-state index is 4.58. The van der Waals surface area contributed by atoms with Crippen LogP contribution in [-0.4, -0.2) is 10.3 Å². The minimum absolute atomic E-state index is 0.773. The molecule has 0 aliphatic rings. The number of hydrogen-bond donors (Lipinski definition) is 0. The van der Waals surface area contributed by atoms with E-state index in [9.17, 15) is 0 Å². The molecule has 70 valence electrons. The summed E-state index contributed by atoms with van der Waals surface area (Å²) in [4.78, 5) is 7.92. The van der Waals surface area contributed by atoms with Gasteiger partial charge in [0.05, 0.1) is 21.7 Å². The van der Waals surface area contributed by atoms with Crippen LogP contribution in [0.1, 0.15) is 11.1 Å². The SMILES string of the molecule is Cc1ccc(N=C=S)c(C)c1N=C=S. The zero-order chi connectivity index (χ0) is 10.6. The van der Waals surface area contributed by atoms with Crippen molar-refractivity contribution in [2.45, 2.75) is 13.8 Å². The minimum Gasteiger partial charge on any atom is -0.194 e. The Morgan fingerprint density at radius 2 is 1.71 bits per heavy atom. The highest BCUT2D eigenvalue weighted by atomic mass is 32.1. The number of hydrogen-bond acceptors (Lipinski definition) is 4. The Labute approximate surface area is 93.4 Å². The molecule has 2 nitrogen and oxygen atoms in total. The van der Waals surface area contributed by atoms with E-state index in [4.69, 9.17) is 0 Å². The van der Waals surface area contributed by atoms with E-state index in [1.54, 1.807) is 0 Å². The molecule has 4 heteroatoms. The highest BCUT2D eigenvalue weighted by Crippen LogP contribution is 2.30. The van der Waals surface area contributed by atoms with Crippen molar-refractivity contribution >= 4 is 46.1 Å². The number of aryl methyl sites for hydroxylation is 1. The lowest BCUT2D eigenvalue weighted by molar-refractivity contribution is 1.32. The van der Waals surface area contributed by atoms with E-state index in [-0.39, 0.29) is 0 Å². The Morgan fingerprint density at radius 3 is 2.29 bits per heavy atom. The van der Waals surface area contributed by atoms with Crippen LogP contribution in [-0.2, 0) is 0 Å². The Morgan fingerprint density at radius 1 is 1.07 bits per heavy atom. The topological polar surface area (TPSA) is 24.7 Å². The van der Waals surface area contributed by atoms with Crippen molar-refractivity contribution in [1.29, 1.82) is 0 Å². The van der Waals surface area contributed by atoms with Gasteiger partial charge in [-0.15, -0.1) is 0 Å². The first-order chi connectivity index (χ1) is 6.70. The van der Waals surface area contributed by atoms with Crippen LogP contribution < -0.4 is 0 Å². The van der Waals surface area contributed by atoms with Crippen molar-refractivity contribution in [3.8, 4) is 0 Å². The smallest absolute Gasteiger partial charge is 0.0819 e. The predicted octanol–water partition coefficient (Wildman–Crippen LogP) is 3.77. The fraction of sp³-hybridized carbons (Fsp3) is 0.200. The van der Waals surface area contributed by atoms with E-state index in [1.165, 1.54) is 0 Å². The van der Waals surface area contributed by atoms with Gasteiger partial charge in [-0.25, -0.2) is 0 Å². The van der Waals surface area contributed by atoms with Gasteiger partial charge in [0.2, 0.25) is 0 Å². The molecule has 1 aromatic carbocycles. The molecule has 14 heavy (non-hydrogen) atoms. The lowest BCUT2D eigenvalue weighted by Gasteiger charge is -2.04. The van der Waals surface area contributed by atoms with E-state index < -0.39 is 0 Å². The molecular formula is C10H8N2S2. The van der Waals surface area contributed by atoms with Gasteiger partial charge in [0.25, 0.3) is 0 Å². The van der Waals surface area contributed by atoms with Crippen LogP contribution in [0.5, 0.6) is 0 Å². The number of isothiocyanates is 2. The first kappa shape index (κ1) is 10.9. The van der Waals surface area contributed by atoms with Gasteiger partial charge >= 0.3 is 0 Å². The molecule has 0 unspecified atom stereocenters. The monoisotopic (exact) mass is 220 g/mol. The molecule has 0 aliphatic heterocycles. The minimum atomic E-state index is 0.773. The summed E-state index contributed by atoms with van der Waals surface area (Å²) in [6.07, 6.45) is 0. The summed E-state index contributed by atoms with van der Waals surface area (Å²) in [7, 11) is 0. The van der Waals surface area contributed by atoms with Gasteiger partial charge in [0, 0.05) is 5.56 Å². The number of benzene rings is 1. The Kier molecular flexibility index (Phi) is 3.81. The van der Waals surface area contributed by atoms with Gasteiger partial charge < -0.3 is 0 Å². The van der Waals surface area contributed by atoms with Crippen LogP contribution in [0.2, 0.25) is 0 Å². The number of rotatable bonds is 2. The summed E-state index contributed by atoms with van der Waals surface area (Å²) in [6.45, 7) is 3.88. The van der Waals surface area contributed by atoms with Gasteiger partial charge in [-0.3, -0.25) is 0 Å². The fourth-order valence-corrected chi connectivity index (χ4v) is 1.40. The normalized spacial score (nSPS) is 8.71. The van der Waals surface area contributed by atoms with Gasteiger partial charge in [-0.2, -0.15) is 9.98 Å². The second kappa shape index (κ2) is 4.89. The van der Waals surface area contributed by atoms with Gasteiger partial charge in [-0.1, -0.05) is 6.07 Å². The number of nitrogens with zero attached hydrogens (tertiary/aromatic N) is 2. The zero-order valence-electron chi connectivity index (χ0n) is 7.87. The second-order valence-corrected chi connectivity index (χ2v) is 3.15. The molecule has 0 bridgehead atoms. The molecule has 0 saturated heterocycles. The third-order valence-electron chi connectivity index (χ3n) is 1.93. The molecule has 0 atom stereocenters. The molecule has 0 aliphatic carbocycles. The molecule has 1 rings (SSSR count). The molecule has 0 aromatic heterocycles. The van der Waals surface area contributed by atoms with Crippen molar-refractivity contribution in [3.05, 3.63) is 23.3 Å². The van der Waals surface area contributed by atoms with Gasteiger partial charge in [0.15, 0.2) is 0 Å². The highest BCUT2D eigenvalue weighted by molar-refractivity contribution is 7.78. The maximum Gasteiger partial charge on any atom is 0.0819 e. The van der Waals surface area contributed by atoms with Gasteiger partial charge in [-0.05, 0) is 49.9 Å². The third-order valence-corrected chi connectivity index (χ3v) is 2.11. The Balaban J connectivity index is 3.47. The summed E-state index contributed by atoms with van der Waals surface area (Å²) < 4.78 is 0. The summed E-state index contributed by atoms with van der Waals surface area (Å²) in [6, 6.07) is 3.80. The van der Waals surface area contributed by atoms with Crippen molar-refractivity contribution < 1.29 is 0 Å². The molecule has 0 heterocycles. The maximum atomic E-state index is 4.58. The summed E-state index contributed by atoms with van der Waals surface area (Å²) in [5.41, 5.74) is 3.57. The Bertz CT molecular complexity index is 453. The molecule has 0 spiro atoms. The first-order valence-electron chi connectivity index (χ1n) is 3.96. The van der Waals surface area contributed by atoms with E-state index in [2.05, 4.69) is 44.7 Å². The van der Waals surface area contributed by atoms with Crippen molar-refractivity contribution in [2.75, 3.05) is 0 Å². The fourth-order valence-electron chi connectivity index (χ4n) is 1.21. The van der Waals surface area contributed by atoms with E-state index in [0.29, 0.717) is 0 Å². The molecule has 0 N–H and O–H groups in total. The van der Waals surface area contributed by atoms with Crippen LogP contribution in [0.15, 0.2) is 22.1 Å². The predicted molar refractivity (Wildman–Crippen MR) is 65.3 cm³/mol. The molecule has 0 fully saturated rings. The third kappa shape index (κ3) is 2.19. The summed E-state index contributed by atoms with van der Waals surface area (Å²) in [5, 5.41) is 4.69. The molecular weight excluding hydrogens is 212 g/mol. The Hall–Kier alpha value is -1.18. The van der Waals surface area contributed by atoms with Crippen molar-refractivity contribution in [2.24, 2.45) is 9.98 Å². The molecule has 0 radical (unpaired) electrons. The van der Waals surface area contributed by atoms with E-state index >= 15 is 0 Å². The van der Waals surface area contributed by atoms with Gasteiger partial charge in [0.1, 0.15) is 0 Å². The van der Waals surface area contributed by atoms with Crippen LogP contribution in [0, 0.1) is 13.8 Å². The van der Waals surface area contributed by atoms with E-state index in [1.807, 2.05) is 26.0 Å². The summed E-state index contributed by atoms with van der Waals surface area (Å²) >= 11 is 9.13. The average Bonchev–Trinajstić information content (AvgIpc) is 2.17. The lowest BCUT2D eigenvalue weighted by atomic mass is 10.1. The van der Waals surface area contributed by atoms with Crippen LogP contribution in [0.3, 0.4) is 0 Å². The standard InChI is InChI=1S/C10H8N2S2/c1-7-3-4-9(11-5-13)8(2)10(7)12-6-14/h3-4H,1-2H3. The first-order valence-corrected chi connectivity index (χ1v) is 4.78. The number of thiocarbonyl (C=S) groups is 2. The molecule has 1 aromatic rings. The highest BCUT2D eigenvalue weighted by Gasteiger charge is 2.04. The quantitative estimate of drug-likeness (QED) is 0.560. The van der Waals surface area contributed by atoms with Crippen LogP contribution >= 0.6 is 24.4 Å². The molecule has 0 saturated carbocycles.